The zero-order valence-corrected chi connectivity index (χ0v) is 16.3. The van der Waals surface area contributed by atoms with Crippen LogP contribution in [0.4, 0.5) is 11.9 Å². The number of rotatable bonds is 7. The summed E-state index contributed by atoms with van der Waals surface area (Å²) >= 11 is 0. The number of nitrogens with zero attached hydrogens (tertiary/aromatic N) is 4. The minimum Gasteiger partial charge on any atom is -0.361 e. The lowest BCUT2D eigenvalue weighted by Crippen LogP contribution is -2.23. The van der Waals surface area contributed by atoms with E-state index in [1.54, 1.807) is 0 Å². The summed E-state index contributed by atoms with van der Waals surface area (Å²) in [6, 6.07) is 10.1. The van der Waals surface area contributed by atoms with Gasteiger partial charge in [-0.2, -0.15) is 4.98 Å². The van der Waals surface area contributed by atoms with Crippen LogP contribution in [0.25, 0.3) is 10.9 Å². The van der Waals surface area contributed by atoms with Crippen molar-refractivity contribution in [1.29, 1.82) is 0 Å². The number of hydrogen-bond acceptors (Lipinski definition) is 6. The summed E-state index contributed by atoms with van der Waals surface area (Å²) in [6.07, 6.45) is 3.53. The van der Waals surface area contributed by atoms with Crippen LogP contribution in [0.3, 0.4) is 0 Å². The van der Waals surface area contributed by atoms with Crippen molar-refractivity contribution in [2.75, 3.05) is 17.2 Å². The van der Waals surface area contributed by atoms with Crippen LogP contribution >= 0.6 is 0 Å². The number of nitrogens with one attached hydrogen (secondary N) is 4. The van der Waals surface area contributed by atoms with E-state index in [4.69, 9.17) is 0 Å². The van der Waals surface area contributed by atoms with E-state index in [1.165, 1.54) is 10.9 Å². The van der Waals surface area contributed by atoms with Crippen LogP contribution in [0.1, 0.15) is 22.8 Å². The highest BCUT2D eigenvalue weighted by atomic mass is 16.2. The Morgan fingerprint density at radius 2 is 1.83 bits per heavy atom. The van der Waals surface area contributed by atoms with E-state index in [-0.39, 0.29) is 18.4 Å². The smallest absolute Gasteiger partial charge is 0.248 e. The molecule has 4 N–H and O–H groups in total. The minimum absolute atomic E-state index is 0.0299. The zero-order chi connectivity index (χ0) is 20.2. The molecule has 3 aromatic heterocycles. The molecule has 0 saturated carbocycles. The Kier molecular flexibility index (Phi) is 5.19. The van der Waals surface area contributed by atoms with E-state index < -0.39 is 0 Å². The molecule has 4 rings (SSSR count). The molecule has 0 fully saturated rings. The van der Waals surface area contributed by atoms with E-state index >= 15 is 0 Å². The molecule has 9 nitrogen and oxygen atoms in total. The number of benzene rings is 1. The number of hydrogen-bond donors (Lipinski definition) is 4. The van der Waals surface area contributed by atoms with Gasteiger partial charge in [0.1, 0.15) is 5.82 Å². The van der Waals surface area contributed by atoms with Crippen molar-refractivity contribution in [3.63, 3.8) is 0 Å². The molecule has 0 aliphatic rings. The molecule has 0 radical (unpaired) electrons. The fourth-order valence-electron chi connectivity index (χ4n) is 3.19. The van der Waals surface area contributed by atoms with Gasteiger partial charge in [0.05, 0.1) is 6.54 Å². The average molecular weight is 390 g/mol. The molecule has 0 spiro atoms. The lowest BCUT2D eigenvalue weighted by Gasteiger charge is -2.05. The van der Waals surface area contributed by atoms with Crippen LogP contribution in [0, 0.1) is 13.8 Å². The monoisotopic (exact) mass is 390 g/mol. The highest BCUT2D eigenvalue weighted by Crippen LogP contribution is 2.19. The van der Waals surface area contributed by atoms with Gasteiger partial charge in [-0.25, -0.2) is 9.97 Å². The third kappa shape index (κ3) is 4.57. The van der Waals surface area contributed by atoms with Gasteiger partial charge in [-0.15, -0.1) is 5.10 Å². The summed E-state index contributed by atoms with van der Waals surface area (Å²) in [4.78, 5) is 28.2. The molecule has 0 atom stereocenters. The number of para-hydroxylation sites is 1. The molecule has 0 bridgehead atoms. The highest BCUT2D eigenvalue weighted by molar-refractivity contribution is 5.91. The summed E-state index contributed by atoms with van der Waals surface area (Å²) in [6.45, 7) is 3.79. The summed E-state index contributed by atoms with van der Waals surface area (Å²) in [5.74, 6) is 1.13. The highest BCUT2D eigenvalue weighted by Gasteiger charge is 2.10. The van der Waals surface area contributed by atoms with Crippen LogP contribution in [0.2, 0.25) is 0 Å². The SMILES string of the molecule is Cc1cc(C)nc(NCC(=O)Nc2n[nH]c(CCc3c[nH]c4ccccc34)n2)n1. The van der Waals surface area contributed by atoms with Crippen molar-refractivity contribution >= 4 is 28.7 Å². The third-order valence-corrected chi connectivity index (χ3v) is 4.48. The molecule has 0 aliphatic carbocycles. The lowest BCUT2D eigenvalue weighted by molar-refractivity contribution is -0.114. The first-order chi connectivity index (χ1) is 14.1. The Hall–Kier alpha value is -3.75. The van der Waals surface area contributed by atoms with Gasteiger partial charge in [0.25, 0.3) is 0 Å². The molecule has 29 heavy (non-hydrogen) atoms. The van der Waals surface area contributed by atoms with Crippen molar-refractivity contribution in [2.24, 2.45) is 0 Å². The van der Waals surface area contributed by atoms with Gasteiger partial charge in [-0.3, -0.25) is 15.2 Å². The lowest BCUT2D eigenvalue weighted by atomic mass is 10.1. The van der Waals surface area contributed by atoms with Gasteiger partial charge in [-0.1, -0.05) is 18.2 Å². The van der Waals surface area contributed by atoms with Gasteiger partial charge in [0.15, 0.2) is 0 Å². The Labute approximate surface area is 167 Å². The number of carbonyl (C=O) groups is 1. The molecule has 1 aromatic carbocycles. The number of amides is 1. The van der Waals surface area contributed by atoms with Crippen LogP contribution in [-0.4, -0.2) is 42.6 Å². The van der Waals surface area contributed by atoms with Gasteiger partial charge >= 0.3 is 0 Å². The second-order valence-corrected chi connectivity index (χ2v) is 6.84. The summed E-state index contributed by atoms with van der Waals surface area (Å²) < 4.78 is 0. The number of fused-ring (bicyclic) bond motifs is 1. The van der Waals surface area contributed by atoms with Crippen LogP contribution < -0.4 is 10.6 Å². The maximum absolute atomic E-state index is 12.1. The number of carbonyl (C=O) groups excluding carboxylic acids is 1. The second-order valence-electron chi connectivity index (χ2n) is 6.84. The maximum atomic E-state index is 12.1. The van der Waals surface area contributed by atoms with Gasteiger partial charge in [0, 0.05) is 34.9 Å². The number of anilines is 2. The summed E-state index contributed by atoms with van der Waals surface area (Å²) in [7, 11) is 0. The predicted octanol–water partition coefficient (Wildman–Crippen LogP) is 2.53. The normalized spacial score (nSPS) is 11.0. The largest absolute Gasteiger partial charge is 0.361 e. The number of aromatic nitrogens is 6. The summed E-state index contributed by atoms with van der Waals surface area (Å²) in [5.41, 5.74) is 4.02. The first kappa shape index (κ1) is 18.6. The quantitative estimate of drug-likeness (QED) is 0.384. The second kappa shape index (κ2) is 8.09. The Morgan fingerprint density at radius 3 is 2.66 bits per heavy atom. The molecule has 1 amide bonds. The molecule has 3 heterocycles. The van der Waals surface area contributed by atoms with E-state index in [9.17, 15) is 4.79 Å². The maximum Gasteiger partial charge on any atom is 0.248 e. The zero-order valence-electron chi connectivity index (χ0n) is 16.3. The Bertz CT molecular complexity index is 1130. The Balaban J connectivity index is 1.30. The van der Waals surface area contributed by atoms with Gasteiger partial charge < -0.3 is 10.3 Å². The molecule has 148 valence electrons. The predicted molar refractivity (Wildman–Crippen MR) is 111 cm³/mol. The Morgan fingerprint density at radius 1 is 1.03 bits per heavy atom. The molecular weight excluding hydrogens is 368 g/mol. The van der Waals surface area contributed by atoms with Gasteiger partial charge in [-0.05, 0) is 38.0 Å². The van der Waals surface area contributed by atoms with E-state index in [0.717, 1.165) is 29.1 Å². The first-order valence-electron chi connectivity index (χ1n) is 9.39. The van der Waals surface area contributed by atoms with Crippen LogP contribution in [0.15, 0.2) is 36.5 Å². The van der Waals surface area contributed by atoms with E-state index in [2.05, 4.69) is 52.9 Å². The van der Waals surface area contributed by atoms with Crippen molar-refractivity contribution in [3.05, 3.63) is 59.3 Å². The molecular formula is C20H22N8O. The molecule has 0 aliphatic heterocycles. The third-order valence-electron chi connectivity index (χ3n) is 4.48. The van der Waals surface area contributed by atoms with Gasteiger partial charge in [0.2, 0.25) is 17.8 Å². The number of aryl methyl sites for hydroxylation is 4. The topological polar surface area (TPSA) is 124 Å². The van der Waals surface area contributed by atoms with Crippen molar-refractivity contribution in [3.8, 4) is 0 Å². The fourth-order valence-corrected chi connectivity index (χ4v) is 3.19. The molecule has 0 unspecified atom stereocenters. The first-order valence-corrected chi connectivity index (χ1v) is 9.39. The van der Waals surface area contributed by atoms with Crippen LogP contribution in [0.5, 0.6) is 0 Å². The molecule has 0 saturated heterocycles. The molecule has 4 aromatic rings. The fraction of sp³-hybridized carbons (Fsp3) is 0.250. The number of aromatic amines is 2. The standard InChI is InChI=1S/C20H22N8O/c1-12-9-13(2)24-19(23-12)22-11-18(29)26-20-25-17(27-28-20)8-7-14-10-21-16-6-4-3-5-15(14)16/h3-6,9-10,21H,7-8,11H2,1-2H3,(H,22,23,24)(H2,25,26,27,28,29). The summed E-state index contributed by atoms with van der Waals surface area (Å²) in [5, 5.41) is 13.7. The van der Waals surface area contributed by atoms with Crippen molar-refractivity contribution < 1.29 is 4.79 Å². The average Bonchev–Trinajstić information content (AvgIpc) is 3.31. The van der Waals surface area contributed by atoms with Crippen molar-refractivity contribution in [1.82, 2.24) is 30.1 Å². The van der Waals surface area contributed by atoms with E-state index in [1.807, 2.05) is 38.2 Å². The van der Waals surface area contributed by atoms with Crippen molar-refractivity contribution in [2.45, 2.75) is 26.7 Å². The van der Waals surface area contributed by atoms with E-state index in [0.29, 0.717) is 12.4 Å². The molecule has 9 heteroatoms. The van der Waals surface area contributed by atoms with Crippen LogP contribution in [-0.2, 0) is 17.6 Å². The minimum atomic E-state index is -0.269. The number of H-pyrrole nitrogens is 2.